The molecule has 0 bridgehead atoms. The molecule has 1 N–H and O–H groups in total. The fourth-order valence-corrected chi connectivity index (χ4v) is 3.70. The van der Waals surface area contributed by atoms with E-state index in [9.17, 15) is 4.39 Å². The first-order valence-electron chi connectivity index (χ1n) is 9.97. The van der Waals surface area contributed by atoms with Gasteiger partial charge in [0.2, 0.25) is 0 Å². The van der Waals surface area contributed by atoms with Gasteiger partial charge in [0, 0.05) is 50.0 Å². The molecule has 1 fully saturated rings. The number of rotatable bonds is 5. The molecule has 1 saturated heterocycles. The monoisotopic (exact) mass is 391 g/mol. The van der Waals surface area contributed by atoms with Gasteiger partial charge in [-0.15, -0.1) is 0 Å². The van der Waals surface area contributed by atoms with E-state index in [0.29, 0.717) is 17.9 Å². The molecule has 0 spiro atoms. The maximum Gasteiger partial charge on any atom is 0.134 e. The number of benzene rings is 2. The van der Waals surface area contributed by atoms with Gasteiger partial charge in [0.1, 0.15) is 23.8 Å². The lowest BCUT2D eigenvalue weighted by molar-refractivity contribution is 0.613. The molecule has 29 heavy (non-hydrogen) atoms. The molecule has 0 atom stereocenters. The summed E-state index contributed by atoms with van der Waals surface area (Å²) in [7, 11) is 0. The minimum Gasteiger partial charge on any atom is -0.368 e. The molecule has 3 aromatic rings. The number of hydrogen-bond acceptors (Lipinski definition) is 5. The molecule has 0 radical (unpaired) electrons. The lowest BCUT2D eigenvalue weighted by Crippen LogP contribution is -2.47. The van der Waals surface area contributed by atoms with E-state index in [-0.39, 0.29) is 5.82 Å². The highest BCUT2D eigenvalue weighted by atomic mass is 19.1. The first-order chi connectivity index (χ1) is 14.1. The summed E-state index contributed by atoms with van der Waals surface area (Å²) >= 11 is 0. The Morgan fingerprint density at radius 2 is 1.69 bits per heavy atom. The molecule has 4 rings (SSSR count). The van der Waals surface area contributed by atoms with Crippen LogP contribution in [0.1, 0.15) is 16.7 Å². The fraction of sp³-hybridized carbons (Fsp3) is 0.304. The topological polar surface area (TPSA) is 44.3 Å². The second kappa shape index (κ2) is 8.47. The van der Waals surface area contributed by atoms with Crippen molar-refractivity contribution in [1.82, 2.24) is 9.97 Å². The van der Waals surface area contributed by atoms with Gasteiger partial charge in [-0.3, -0.25) is 0 Å². The third-order valence-corrected chi connectivity index (χ3v) is 5.59. The predicted molar refractivity (Wildman–Crippen MR) is 116 cm³/mol. The van der Waals surface area contributed by atoms with Crippen LogP contribution >= 0.6 is 0 Å². The molecule has 1 aliphatic rings. The van der Waals surface area contributed by atoms with E-state index in [2.05, 4.69) is 57.1 Å². The summed E-state index contributed by atoms with van der Waals surface area (Å²) in [5, 5.41) is 3.20. The zero-order chi connectivity index (χ0) is 20.2. The summed E-state index contributed by atoms with van der Waals surface area (Å²) in [4.78, 5) is 13.4. The predicted octanol–water partition coefficient (Wildman–Crippen LogP) is 4.17. The maximum absolute atomic E-state index is 13.8. The van der Waals surface area contributed by atoms with Crippen molar-refractivity contribution in [3.8, 4) is 0 Å². The van der Waals surface area contributed by atoms with Crippen LogP contribution in [-0.4, -0.2) is 36.1 Å². The van der Waals surface area contributed by atoms with Gasteiger partial charge >= 0.3 is 0 Å². The molecular weight excluding hydrogens is 365 g/mol. The van der Waals surface area contributed by atoms with Crippen molar-refractivity contribution in [1.29, 1.82) is 0 Å². The zero-order valence-electron chi connectivity index (χ0n) is 16.9. The average Bonchev–Trinajstić information content (AvgIpc) is 2.75. The molecule has 0 unspecified atom stereocenters. The Bertz CT molecular complexity index is 983. The number of hydrogen-bond donors (Lipinski definition) is 1. The number of halogens is 1. The van der Waals surface area contributed by atoms with Crippen molar-refractivity contribution in [3.63, 3.8) is 0 Å². The first kappa shape index (κ1) is 19.2. The van der Waals surface area contributed by atoms with Crippen LogP contribution in [0.5, 0.6) is 0 Å². The van der Waals surface area contributed by atoms with E-state index in [4.69, 9.17) is 0 Å². The molecule has 0 saturated carbocycles. The van der Waals surface area contributed by atoms with Crippen LogP contribution < -0.4 is 15.1 Å². The molecule has 0 aliphatic carbocycles. The highest BCUT2D eigenvalue weighted by molar-refractivity contribution is 5.57. The molecule has 1 aromatic heterocycles. The highest BCUT2D eigenvalue weighted by Gasteiger charge is 2.20. The minimum atomic E-state index is -0.211. The largest absolute Gasteiger partial charge is 0.368 e. The molecule has 0 amide bonds. The van der Waals surface area contributed by atoms with Crippen LogP contribution in [0.15, 0.2) is 54.9 Å². The zero-order valence-corrected chi connectivity index (χ0v) is 16.9. The van der Waals surface area contributed by atoms with Crippen molar-refractivity contribution in [2.75, 3.05) is 41.3 Å². The van der Waals surface area contributed by atoms with Gasteiger partial charge in [-0.05, 0) is 37.1 Å². The molecule has 2 heterocycles. The number of aryl methyl sites for hydroxylation is 1. The van der Waals surface area contributed by atoms with E-state index in [0.717, 1.165) is 32.0 Å². The van der Waals surface area contributed by atoms with Crippen molar-refractivity contribution in [3.05, 3.63) is 77.4 Å². The molecular formula is C23H26FN5. The highest BCUT2D eigenvalue weighted by Crippen LogP contribution is 2.25. The first-order valence-corrected chi connectivity index (χ1v) is 9.97. The van der Waals surface area contributed by atoms with E-state index in [1.807, 2.05) is 12.1 Å². The number of piperazine rings is 1. The van der Waals surface area contributed by atoms with Gasteiger partial charge in [0.15, 0.2) is 0 Å². The van der Waals surface area contributed by atoms with Gasteiger partial charge in [0.05, 0.1) is 0 Å². The quantitative estimate of drug-likeness (QED) is 0.707. The second-order valence-corrected chi connectivity index (χ2v) is 7.40. The number of nitrogens with one attached hydrogen (secondary N) is 1. The van der Waals surface area contributed by atoms with Gasteiger partial charge in [-0.25, -0.2) is 14.4 Å². The van der Waals surface area contributed by atoms with E-state index in [1.54, 1.807) is 18.5 Å². The normalized spacial score (nSPS) is 14.2. The van der Waals surface area contributed by atoms with Crippen molar-refractivity contribution >= 4 is 17.3 Å². The van der Waals surface area contributed by atoms with Gasteiger partial charge in [-0.1, -0.05) is 30.3 Å². The van der Waals surface area contributed by atoms with Crippen LogP contribution in [-0.2, 0) is 6.54 Å². The Labute approximate surface area is 171 Å². The summed E-state index contributed by atoms with van der Waals surface area (Å²) in [6, 6.07) is 15.2. The molecule has 1 aliphatic heterocycles. The van der Waals surface area contributed by atoms with Crippen LogP contribution in [0.3, 0.4) is 0 Å². The Balaban J connectivity index is 1.39. The van der Waals surface area contributed by atoms with Crippen LogP contribution in [0.25, 0.3) is 0 Å². The molecule has 2 aromatic carbocycles. The molecule has 5 nitrogen and oxygen atoms in total. The number of aromatic nitrogens is 2. The number of nitrogens with zero attached hydrogens (tertiary/aromatic N) is 4. The third-order valence-electron chi connectivity index (χ3n) is 5.59. The van der Waals surface area contributed by atoms with Gasteiger partial charge < -0.3 is 15.1 Å². The Hall–Kier alpha value is -3.15. The van der Waals surface area contributed by atoms with E-state index < -0.39 is 0 Å². The summed E-state index contributed by atoms with van der Waals surface area (Å²) in [5.74, 6) is 1.39. The summed E-state index contributed by atoms with van der Waals surface area (Å²) < 4.78 is 13.8. The fourth-order valence-electron chi connectivity index (χ4n) is 3.70. The lowest BCUT2D eigenvalue weighted by atomic mass is 10.1. The Morgan fingerprint density at radius 1 is 0.931 bits per heavy atom. The Morgan fingerprint density at radius 3 is 2.48 bits per heavy atom. The Kier molecular flexibility index (Phi) is 5.60. The van der Waals surface area contributed by atoms with Crippen LogP contribution in [0.4, 0.5) is 21.7 Å². The minimum absolute atomic E-state index is 0.211. The number of anilines is 3. The molecule has 6 heteroatoms. The van der Waals surface area contributed by atoms with Gasteiger partial charge in [0.25, 0.3) is 0 Å². The standard InChI is InChI=1S/C23H26FN5/c1-17-6-5-9-21(18(17)2)28-10-12-29(13-11-28)23-14-22(26-16-27-23)25-15-19-7-3-4-8-20(19)24/h3-9,14,16H,10-13,15H2,1-2H3,(H,25,26,27). The second-order valence-electron chi connectivity index (χ2n) is 7.40. The average molecular weight is 391 g/mol. The smallest absolute Gasteiger partial charge is 0.134 e. The SMILES string of the molecule is Cc1cccc(N2CCN(c3cc(NCc4ccccc4F)ncn3)CC2)c1C. The summed E-state index contributed by atoms with van der Waals surface area (Å²) in [6.45, 7) is 8.44. The van der Waals surface area contributed by atoms with Crippen molar-refractivity contribution in [2.45, 2.75) is 20.4 Å². The third kappa shape index (κ3) is 4.31. The molecule has 150 valence electrons. The maximum atomic E-state index is 13.8. The van der Waals surface area contributed by atoms with Crippen LogP contribution in [0, 0.1) is 19.7 Å². The van der Waals surface area contributed by atoms with Crippen molar-refractivity contribution < 1.29 is 4.39 Å². The van der Waals surface area contributed by atoms with E-state index >= 15 is 0 Å². The summed E-state index contributed by atoms with van der Waals surface area (Å²) in [5.41, 5.74) is 4.61. The summed E-state index contributed by atoms with van der Waals surface area (Å²) in [6.07, 6.45) is 1.57. The van der Waals surface area contributed by atoms with Crippen LogP contribution in [0.2, 0.25) is 0 Å². The van der Waals surface area contributed by atoms with Gasteiger partial charge in [-0.2, -0.15) is 0 Å². The van der Waals surface area contributed by atoms with Crippen molar-refractivity contribution in [2.24, 2.45) is 0 Å². The lowest BCUT2D eigenvalue weighted by Gasteiger charge is -2.37. The van der Waals surface area contributed by atoms with E-state index in [1.165, 1.54) is 22.9 Å².